The Kier molecular flexibility index (Phi) is 4.32. The van der Waals surface area contributed by atoms with Crippen molar-refractivity contribution in [2.45, 2.75) is 46.1 Å². The Balaban J connectivity index is 2.38. The van der Waals surface area contributed by atoms with Crippen LogP contribution in [-0.4, -0.2) is 14.8 Å². The predicted octanol–water partition coefficient (Wildman–Crippen LogP) is 2.80. The summed E-state index contributed by atoms with van der Waals surface area (Å²) in [4.78, 5) is 4.66. The van der Waals surface area contributed by atoms with Gasteiger partial charge in [0.15, 0.2) is 5.82 Å². The van der Waals surface area contributed by atoms with Crippen LogP contribution in [0.15, 0.2) is 24.4 Å². The molecule has 0 spiro atoms. The molecule has 0 saturated heterocycles. The van der Waals surface area contributed by atoms with E-state index in [4.69, 9.17) is 5.73 Å². The molecule has 0 bridgehead atoms. The van der Waals surface area contributed by atoms with E-state index in [0.717, 1.165) is 35.6 Å². The molecule has 4 heteroatoms. The van der Waals surface area contributed by atoms with E-state index in [-0.39, 0.29) is 0 Å². The van der Waals surface area contributed by atoms with Gasteiger partial charge in [-0.2, -0.15) is 5.10 Å². The summed E-state index contributed by atoms with van der Waals surface area (Å²) in [5.41, 5.74) is 9.03. The first-order valence-corrected chi connectivity index (χ1v) is 6.90. The molecule has 2 N–H and O–H groups in total. The van der Waals surface area contributed by atoms with Gasteiger partial charge in [0.1, 0.15) is 0 Å². The Morgan fingerprint density at radius 3 is 2.68 bits per heavy atom. The minimum atomic E-state index is 0.425. The first-order chi connectivity index (χ1) is 9.13. The van der Waals surface area contributed by atoms with Crippen molar-refractivity contribution < 1.29 is 0 Å². The first kappa shape index (κ1) is 13.7. The number of aryl methyl sites for hydroxylation is 1. The molecule has 2 aromatic heterocycles. The van der Waals surface area contributed by atoms with Crippen molar-refractivity contribution in [2.24, 2.45) is 5.73 Å². The average Bonchev–Trinajstić information content (AvgIpc) is 2.88. The summed E-state index contributed by atoms with van der Waals surface area (Å²) >= 11 is 0. The fourth-order valence-electron chi connectivity index (χ4n) is 2.03. The van der Waals surface area contributed by atoms with Gasteiger partial charge in [-0.1, -0.05) is 27.2 Å². The molecule has 0 radical (unpaired) electrons. The number of nitrogens with zero attached hydrogens (tertiary/aromatic N) is 3. The Morgan fingerprint density at radius 2 is 2.11 bits per heavy atom. The summed E-state index contributed by atoms with van der Waals surface area (Å²) in [7, 11) is 0. The van der Waals surface area contributed by atoms with Gasteiger partial charge in [0.25, 0.3) is 0 Å². The molecule has 0 aliphatic carbocycles. The summed E-state index contributed by atoms with van der Waals surface area (Å²) in [5, 5.41) is 4.57. The maximum absolute atomic E-state index is 5.76. The van der Waals surface area contributed by atoms with Gasteiger partial charge in [0.2, 0.25) is 0 Å². The molecule has 102 valence electrons. The number of hydrogen-bond acceptors (Lipinski definition) is 3. The molecule has 0 unspecified atom stereocenters. The van der Waals surface area contributed by atoms with E-state index in [2.05, 4.69) is 36.9 Å². The normalized spacial score (nSPS) is 11.2. The second-order valence-electron chi connectivity index (χ2n) is 5.12. The minimum Gasteiger partial charge on any atom is -0.326 e. The van der Waals surface area contributed by atoms with Gasteiger partial charge in [0, 0.05) is 18.4 Å². The molecular weight excluding hydrogens is 236 g/mol. The molecular formula is C15H22N4. The zero-order valence-electron chi connectivity index (χ0n) is 11.9. The third-order valence-corrected chi connectivity index (χ3v) is 3.10. The highest BCUT2D eigenvalue weighted by atomic mass is 15.3. The van der Waals surface area contributed by atoms with Crippen molar-refractivity contribution >= 4 is 0 Å². The van der Waals surface area contributed by atoms with Gasteiger partial charge >= 0.3 is 0 Å². The SMILES string of the molecule is CCCc1cc(CN)cc(-n2ccc(C(C)C)n2)n1. The number of pyridine rings is 1. The van der Waals surface area contributed by atoms with Crippen molar-refractivity contribution in [3.05, 3.63) is 41.3 Å². The van der Waals surface area contributed by atoms with E-state index in [1.54, 1.807) is 0 Å². The molecule has 19 heavy (non-hydrogen) atoms. The molecule has 2 rings (SSSR count). The van der Waals surface area contributed by atoms with Crippen LogP contribution in [0.1, 0.15) is 50.1 Å². The highest BCUT2D eigenvalue weighted by Gasteiger charge is 2.08. The molecule has 2 aromatic rings. The summed E-state index contributed by atoms with van der Waals surface area (Å²) in [6.07, 6.45) is 4.02. The van der Waals surface area contributed by atoms with Gasteiger partial charge in [-0.3, -0.25) is 0 Å². The van der Waals surface area contributed by atoms with Crippen molar-refractivity contribution in [3.63, 3.8) is 0 Å². The van der Waals surface area contributed by atoms with Crippen LogP contribution >= 0.6 is 0 Å². The fourth-order valence-corrected chi connectivity index (χ4v) is 2.03. The summed E-state index contributed by atoms with van der Waals surface area (Å²) < 4.78 is 1.84. The number of hydrogen-bond donors (Lipinski definition) is 1. The number of nitrogens with two attached hydrogens (primary N) is 1. The fraction of sp³-hybridized carbons (Fsp3) is 0.467. The molecule has 0 aliphatic rings. The van der Waals surface area contributed by atoms with Gasteiger partial charge in [-0.05, 0) is 36.1 Å². The Bertz CT molecular complexity index is 543. The molecule has 0 saturated carbocycles. The zero-order chi connectivity index (χ0) is 13.8. The number of aromatic nitrogens is 3. The van der Waals surface area contributed by atoms with E-state index in [1.807, 2.05) is 23.0 Å². The van der Waals surface area contributed by atoms with E-state index in [0.29, 0.717) is 12.5 Å². The molecule has 2 heterocycles. The lowest BCUT2D eigenvalue weighted by molar-refractivity contribution is 0.749. The smallest absolute Gasteiger partial charge is 0.153 e. The van der Waals surface area contributed by atoms with E-state index >= 15 is 0 Å². The van der Waals surface area contributed by atoms with Crippen molar-refractivity contribution in [1.82, 2.24) is 14.8 Å². The minimum absolute atomic E-state index is 0.425. The lowest BCUT2D eigenvalue weighted by atomic mass is 10.1. The van der Waals surface area contributed by atoms with Crippen molar-refractivity contribution in [3.8, 4) is 5.82 Å². The highest BCUT2D eigenvalue weighted by Crippen LogP contribution is 2.15. The maximum atomic E-state index is 5.76. The average molecular weight is 258 g/mol. The highest BCUT2D eigenvalue weighted by molar-refractivity contribution is 5.31. The second kappa shape index (κ2) is 5.97. The van der Waals surface area contributed by atoms with Gasteiger partial charge in [-0.25, -0.2) is 9.67 Å². The topological polar surface area (TPSA) is 56.7 Å². The third-order valence-electron chi connectivity index (χ3n) is 3.10. The van der Waals surface area contributed by atoms with Crippen LogP contribution in [-0.2, 0) is 13.0 Å². The number of rotatable bonds is 5. The summed E-state index contributed by atoms with van der Waals surface area (Å²) in [6.45, 7) is 6.96. The third kappa shape index (κ3) is 3.20. The van der Waals surface area contributed by atoms with Crippen LogP contribution in [0, 0.1) is 0 Å². The zero-order valence-corrected chi connectivity index (χ0v) is 11.9. The van der Waals surface area contributed by atoms with Crippen molar-refractivity contribution in [1.29, 1.82) is 0 Å². The summed E-state index contributed by atoms with van der Waals surface area (Å²) in [5.74, 6) is 1.28. The molecule has 4 nitrogen and oxygen atoms in total. The quantitative estimate of drug-likeness (QED) is 0.897. The standard InChI is InChI=1S/C15H22N4/c1-4-5-13-8-12(10-16)9-15(17-13)19-7-6-14(18-19)11(2)3/h6-9,11H,4-5,10,16H2,1-3H3. The van der Waals surface area contributed by atoms with Gasteiger partial charge < -0.3 is 5.73 Å². The molecule has 0 amide bonds. The molecule has 0 aliphatic heterocycles. The van der Waals surface area contributed by atoms with E-state index in [9.17, 15) is 0 Å². The van der Waals surface area contributed by atoms with Crippen LogP contribution < -0.4 is 5.73 Å². The lowest BCUT2D eigenvalue weighted by Crippen LogP contribution is -2.06. The van der Waals surface area contributed by atoms with Crippen LogP contribution in [0.25, 0.3) is 5.82 Å². The van der Waals surface area contributed by atoms with Crippen LogP contribution in [0.5, 0.6) is 0 Å². The van der Waals surface area contributed by atoms with Crippen LogP contribution in [0.3, 0.4) is 0 Å². The maximum Gasteiger partial charge on any atom is 0.153 e. The Hall–Kier alpha value is -1.68. The predicted molar refractivity (Wildman–Crippen MR) is 77.3 cm³/mol. The van der Waals surface area contributed by atoms with E-state index in [1.165, 1.54) is 0 Å². The molecule has 0 atom stereocenters. The van der Waals surface area contributed by atoms with Gasteiger partial charge in [-0.15, -0.1) is 0 Å². The largest absolute Gasteiger partial charge is 0.326 e. The van der Waals surface area contributed by atoms with Crippen LogP contribution in [0.2, 0.25) is 0 Å². The molecule has 0 fully saturated rings. The van der Waals surface area contributed by atoms with E-state index < -0.39 is 0 Å². The monoisotopic (exact) mass is 258 g/mol. The Labute approximate surface area is 114 Å². The summed E-state index contributed by atoms with van der Waals surface area (Å²) in [6, 6.07) is 6.14. The molecule has 0 aromatic carbocycles. The Morgan fingerprint density at radius 1 is 1.32 bits per heavy atom. The van der Waals surface area contributed by atoms with Crippen LogP contribution in [0.4, 0.5) is 0 Å². The first-order valence-electron chi connectivity index (χ1n) is 6.90. The second-order valence-corrected chi connectivity index (χ2v) is 5.12. The van der Waals surface area contributed by atoms with Gasteiger partial charge in [0.05, 0.1) is 5.69 Å². The van der Waals surface area contributed by atoms with Crippen molar-refractivity contribution in [2.75, 3.05) is 0 Å². The lowest BCUT2D eigenvalue weighted by Gasteiger charge is -2.07.